The fourth-order valence-corrected chi connectivity index (χ4v) is 3.92. The summed E-state index contributed by atoms with van der Waals surface area (Å²) in [4.78, 5) is 16.1. The number of hydrogen-bond donors (Lipinski definition) is 3. The van der Waals surface area contributed by atoms with Gasteiger partial charge in [0, 0.05) is 36.0 Å². The Balaban J connectivity index is 1.90. The molecule has 3 rings (SSSR count). The quantitative estimate of drug-likeness (QED) is 0.266. The average molecular weight is 434 g/mol. The van der Waals surface area contributed by atoms with Crippen molar-refractivity contribution in [1.82, 2.24) is 20.1 Å². The normalized spacial score (nSPS) is 20.9. The summed E-state index contributed by atoms with van der Waals surface area (Å²) in [5, 5.41) is 16.2. The number of rotatable bonds is 7. The third kappa shape index (κ3) is 4.56. The van der Waals surface area contributed by atoms with Crippen molar-refractivity contribution in [2.75, 3.05) is 11.9 Å². The van der Waals surface area contributed by atoms with Crippen molar-refractivity contribution in [2.24, 2.45) is 5.92 Å². The van der Waals surface area contributed by atoms with Crippen LogP contribution in [0.3, 0.4) is 0 Å². The second-order valence-corrected chi connectivity index (χ2v) is 7.72. The Bertz CT molecular complexity index is 861. The molecule has 0 aliphatic heterocycles. The smallest absolute Gasteiger partial charge is 0.171 e. The van der Waals surface area contributed by atoms with Gasteiger partial charge in [-0.05, 0) is 34.3 Å². The molecule has 0 amide bonds. The fourth-order valence-electron chi connectivity index (χ4n) is 3.57. The molecule has 7 nitrogen and oxygen atoms in total. The first-order valence-corrected chi connectivity index (χ1v) is 9.92. The SMILES string of the molecule is CC1CCCCC1c1cc(NC/C(C=O)=C/C=C\NO)n2ncc(Br)c2n1. The molecular formula is C19H24BrN5O2. The molecule has 1 aliphatic rings. The van der Waals surface area contributed by atoms with Crippen molar-refractivity contribution in [3.8, 4) is 0 Å². The van der Waals surface area contributed by atoms with Crippen LogP contribution in [0.2, 0.25) is 0 Å². The Labute approximate surface area is 166 Å². The number of fused-ring (bicyclic) bond motifs is 1. The Kier molecular flexibility index (Phi) is 6.63. The second-order valence-electron chi connectivity index (χ2n) is 6.86. The molecule has 0 aromatic carbocycles. The minimum absolute atomic E-state index is 0.343. The van der Waals surface area contributed by atoms with E-state index < -0.39 is 0 Å². The van der Waals surface area contributed by atoms with Crippen molar-refractivity contribution in [3.63, 3.8) is 0 Å². The zero-order chi connectivity index (χ0) is 19.2. The van der Waals surface area contributed by atoms with Crippen LogP contribution in [0.25, 0.3) is 5.65 Å². The number of carbonyl (C=O) groups excluding carboxylic acids is 1. The van der Waals surface area contributed by atoms with E-state index in [1.165, 1.54) is 25.5 Å². The number of allylic oxidation sites excluding steroid dienone is 2. The number of nitrogens with zero attached hydrogens (tertiary/aromatic N) is 3. The topological polar surface area (TPSA) is 91.5 Å². The Morgan fingerprint density at radius 3 is 3.00 bits per heavy atom. The Morgan fingerprint density at radius 2 is 2.26 bits per heavy atom. The summed E-state index contributed by atoms with van der Waals surface area (Å²) >= 11 is 3.53. The van der Waals surface area contributed by atoms with Gasteiger partial charge in [0.15, 0.2) is 5.65 Å². The molecule has 3 N–H and O–H groups in total. The van der Waals surface area contributed by atoms with Crippen molar-refractivity contribution >= 4 is 33.7 Å². The summed E-state index contributed by atoms with van der Waals surface area (Å²) in [6, 6.07) is 2.05. The predicted molar refractivity (Wildman–Crippen MR) is 108 cm³/mol. The van der Waals surface area contributed by atoms with Gasteiger partial charge in [-0.25, -0.2) is 4.98 Å². The van der Waals surface area contributed by atoms with Crippen molar-refractivity contribution < 1.29 is 10.0 Å². The molecule has 0 saturated heterocycles. The number of aromatic nitrogens is 3. The van der Waals surface area contributed by atoms with Gasteiger partial charge in [-0.3, -0.25) is 15.5 Å². The number of aldehydes is 1. The maximum atomic E-state index is 11.3. The Morgan fingerprint density at radius 1 is 1.44 bits per heavy atom. The molecule has 144 valence electrons. The highest BCUT2D eigenvalue weighted by Crippen LogP contribution is 2.38. The van der Waals surface area contributed by atoms with Gasteiger partial charge in [0.2, 0.25) is 0 Å². The first-order valence-electron chi connectivity index (χ1n) is 9.12. The summed E-state index contributed by atoms with van der Waals surface area (Å²) in [6.07, 6.45) is 11.9. The largest absolute Gasteiger partial charge is 0.366 e. The van der Waals surface area contributed by atoms with Gasteiger partial charge in [0.05, 0.1) is 10.7 Å². The van der Waals surface area contributed by atoms with Gasteiger partial charge in [0.1, 0.15) is 12.1 Å². The molecule has 2 aromatic rings. The van der Waals surface area contributed by atoms with E-state index in [1.54, 1.807) is 22.9 Å². The van der Waals surface area contributed by atoms with E-state index in [0.717, 1.165) is 34.3 Å². The first kappa shape index (κ1) is 19.6. The van der Waals surface area contributed by atoms with Crippen LogP contribution in [0.5, 0.6) is 0 Å². The molecule has 2 unspecified atom stereocenters. The van der Waals surface area contributed by atoms with Crippen LogP contribution >= 0.6 is 15.9 Å². The van der Waals surface area contributed by atoms with Gasteiger partial charge in [0.25, 0.3) is 0 Å². The van der Waals surface area contributed by atoms with Crippen LogP contribution in [0.4, 0.5) is 5.82 Å². The average Bonchev–Trinajstić information content (AvgIpc) is 3.06. The van der Waals surface area contributed by atoms with Crippen LogP contribution in [-0.4, -0.2) is 32.6 Å². The lowest BCUT2D eigenvalue weighted by atomic mass is 9.78. The highest BCUT2D eigenvalue weighted by molar-refractivity contribution is 9.10. The maximum absolute atomic E-state index is 11.3. The molecule has 2 atom stereocenters. The molecule has 1 aliphatic carbocycles. The number of hydroxylamine groups is 1. The summed E-state index contributed by atoms with van der Waals surface area (Å²) in [5.41, 5.74) is 4.29. The molecule has 0 spiro atoms. The van der Waals surface area contributed by atoms with E-state index >= 15 is 0 Å². The van der Waals surface area contributed by atoms with Crippen molar-refractivity contribution in [1.29, 1.82) is 0 Å². The molecule has 1 saturated carbocycles. The first-order chi connectivity index (χ1) is 13.1. The minimum atomic E-state index is 0.343. The molecule has 0 radical (unpaired) electrons. The van der Waals surface area contributed by atoms with Crippen molar-refractivity contribution in [3.05, 3.63) is 46.4 Å². The third-order valence-electron chi connectivity index (χ3n) is 5.05. The summed E-state index contributed by atoms with van der Waals surface area (Å²) < 4.78 is 2.59. The number of halogens is 1. The van der Waals surface area contributed by atoms with Gasteiger partial charge in [-0.2, -0.15) is 9.61 Å². The van der Waals surface area contributed by atoms with E-state index in [-0.39, 0.29) is 0 Å². The van der Waals surface area contributed by atoms with E-state index in [2.05, 4.69) is 33.3 Å². The van der Waals surface area contributed by atoms with Crippen LogP contribution in [0.1, 0.15) is 44.2 Å². The zero-order valence-electron chi connectivity index (χ0n) is 15.2. The molecular weight excluding hydrogens is 410 g/mol. The van der Waals surface area contributed by atoms with Gasteiger partial charge in [-0.15, -0.1) is 0 Å². The molecule has 1 fully saturated rings. The monoisotopic (exact) mass is 433 g/mol. The number of nitrogens with one attached hydrogen (secondary N) is 2. The number of carbonyl (C=O) groups is 1. The van der Waals surface area contributed by atoms with E-state index in [1.807, 2.05) is 11.5 Å². The fraction of sp³-hybridized carbons (Fsp3) is 0.421. The minimum Gasteiger partial charge on any atom is -0.366 e. The Hall–Kier alpha value is -2.19. The molecule has 2 aromatic heterocycles. The second kappa shape index (κ2) is 9.14. The maximum Gasteiger partial charge on any atom is 0.171 e. The standard InChI is InChI=1S/C19H24BrN5O2/c1-13-5-2-3-7-15(13)17-9-18(25-19(24-17)16(20)11-22-25)21-10-14(12-26)6-4-8-23-27/h4,6,8-9,11-13,15,21,23,27H,2-3,5,7,10H2,1H3/b8-4-,14-6-. The summed E-state index contributed by atoms with van der Waals surface area (Å²) in [6.45, 7) is 2.64. The molecule has 8 heteroatoms. The number of hydrogen-bond acceptors (Lipinski definition) is 6. The highest BCUT2D eigenvalue weighted by Gasteiger charge is 2.25. The van der Waals surface area contributed by atoms with Crippen LogP contribution in [-0.2, 0) is 4.79 Å². The van der Waals surface area contributed by atoms with Crippen molar-refractivity contribution in [2.45, 2.75) is 38.5 Å². The molecule has 2 heterocycles. The summed E-state index contributed by atoms with van der Waals surface area (Å²) in [5.74, 6) is 1.84. The van der Waals surface area contributed by atoms with Gasteiger partial charge >= 0.3 is 0 Å². The zero-order valence-corrected chi connectivity index (χ0v) is 16.8. The lowest BCUT2D eigenvalue weighted by Crippen LogP contribution is -2.18. The summed E-state index contributed by atoms with van der Waals surface area (Å²) in [7, 11) is 0. The van der Waals surface area contributed by atoms with Crippen LogP contribution in [0.15, 0.2) is 40.7 Å². The lowest BCUT2D eigenvalue weighted by Gasteiger charge is -2.28. The lowest BCUT2D eigenvalue weighted by molar-refractivity contribution is -0.104. The molecule has 0 bridgehead atoms. The third-order valence-corrected chi connectivity index (χ3v) is 5.61. The van der Waals surface area contributed by atoms with Gasteiger partial charge in [-0.1, -0.05) is 32.3 Å². The predicted octanol–water partition coefficient (Wildman–Crippen LogP) is 3.82. The van der Waals surface area contributed by atoms with Crippen LogP contribution in [0, 0.1) is 5.92 Å². The van der Waals surface area contributed by atoms with E-state index in [9.17, 15) is 4.79 Å². The highest BCUT2D eigenvalue weighted by atomic mass is 79.9. The number of anilines is 1. The van der Waals surface area contributed by atoms with Crippen LogP contribution < -0.4 is 10.8 Å². The molecule has 27 heavy (non-hydrogen) atoms. The van der Waals surface area contributed by atoms with Gasteiger partial charge < -0.3 is 5.32 Å². The van der Waals surface area contributed by atoms with E-state index in [4.69, 9.17) is 10.2 Å². The van der Waals surface area contributed by atoms with E-state index in [0.29, 0.717) is 24.0 Å².